The fourth-order valence-corrected chi connectivity index (χ4v) is 1.24. The van der Waals surface area contributed by atoms with Crippen LogP contribution in [-0.2, 0) is 9.59 Å². The molecule has 0 spiro atoms. The molecule has 1 aromatic carbocycles. The molecule has 0 amide bonds. The Morgan fingerprint density at radius 2 is 2.06 bits per heavy atom. The zero-order valence-corrected chi connectivity index (χ0v) is 8.86. The SMILES string of the molecule is CC(=O)Oc1ccc(F)cc1C(C)C(=O)O. The first-order chi connectivity index (χ1) is 7.41. The minimum atomic E-state index is -1.11. The molecule has 0 aliphatic heterocycles. The Bertz CT molecular complexity index is 428. The van der Waals surface area contributed by atoms with Crippen molar-refractivity contribution < 1.29 is 23.8 Å². The first-order valence-corrected chi connectivity index (χ1v) is 4.62. The van der Waals surface area contributed by atoms with E-state index in [2.05, 4.69) is 0 Å². The van der Waals surface area contributed by atoms with Gasteiger partial charge in [0.05, 0.1) is 5.92 Å². The highest BCUT2D eigenvalue weighted by Gasteiger charge is 2.20. The smallest absolute Gasteiger partial charge is 0.310 e. The number of esters is 1. The Morgan fingerprint density at radius 3 is 2.56 bits per heavy atom. The van der Waals surface area contributed by atoms with Gasteiger partial charge in [-0.2, -0.15) is 0 Å². The van der Waals surface area contributed by atoms with Gasteiger partial charge in [-0.25, -0.2) is 4.39 Å². The Morgan fingerprint density at radius 1 is 1.44 bits per heavy atom. The number of aliphatic carboxylic acids is 1. The maximum absolute atomic E-state index is 13.0. The number of rotatable bonds is 3. The van der Waals surface area contributed by atoms with E-state index >= 15 is 0 Å². The van der Waals surface area contributed by atoms with Crippen LogP contribution in [0.4, 0.5) is 4.39 Å². The summed E-state index contributed by atoms with van der Waals surface area (Å²) in [6.45, 7) is 2.59. The predicted octanol–water partition coefficient (Wildman–Crippen LogP) is 1.94. The van der Waals surface area contributed by atoms with Crippen LogP contribution >= 0.6 is 0 Å². The molecule has 0 aliphatic rings. The minimum absolute atomic E-state index is 0.0730. The maximum Gasteiger partial charge on any atom is 0.310 e. The number of hydrogen-bond donors (Lipinski definition) is 1. The molecule has 16 heavy (non-hydrogen) atoms. The Labute approximate surface area is 91.7 Å². The van der Waals surface area contributed by atoms with Crippen LogP contribution in [0.5, 0.6) is 5.75 Å². The average molecular weight is 226 g/mol. The van der Waals surface area contributed by atoms with Gasteiger partial charge < -0.3 is 9.84 Å². The van der Waals surface area contributed by atoms with Crippen molar-refractivity contribution in [1.82, 2.24) is 0 Å². The molecule has 0 bridgehead atoms. The van der Waals surface area contributed by atoms with Crippen LogP contribution < -0.4 is 4.74 Å². The number of benzene rings is 1. The number of carbonyl (C=O) groups is 2. The zero-order chi connectivity index (χ0) is 12.3. The predicted molar refractivity (Wildman–Crippen MR) is 53.8 cm³/mol. The van der Waals surface area contributed by atoms with Gasteiger partial charge >= 0.3 is 11.9 Å². The van der Waals surface area contributed by atoms with Crippen molar-refractivity contribution in [1.29, 1.82) is 0 Å². The fourth-order valence-electron chi connectivity index (χ4n) is 1.24. The topological polar surface area (TPSA) is 63.6 Å². The number of hydrogen-bond acceptors (Lipinski definition) is 3. The van der Waals surface area contributed by atoms with Crippen LogP contribution in [-0.4, -0.2) is 17.0 Å². The highest BCUT2D eigenvalue weighted by molar-refractivity contribution is 5.78. The molecular formula is C11H11FO4. The lowest BCUT2D eigenvalue weighted by molar-refractivity contribution is -0.138. The fraction of sp³-hybridized carbons (Fsp3) is 0.273. The molecule has 0 saturated heterocycles. The van der Waals surface area contributed by atoms with Crippen LogP contribution in [0.15, 0.2) is 18.2 Å². The summed E-state index contributed by atoms with van der Waals surface area (Å²) in [6.07, 6.45) is 0. The van der Waals surface area contributed by atoms with E-state index in [1.54, 1.807) is 0 Å². The van der Waals surface area contributed by atoms with Gasteiger partial charge in [-0.3, -0.25) is 9.59 Å². The molecular weight excluding hydrogens is 215 g/mol. The molecule has 1 aromatic rings. The Kier molecular flexibility index (Phi) is 3.60. The summed E-state index contributed by atoms with van der Waals surface area (Å²) >= 11 is 0. The maximum atomic E-state index is 13.0. The average Bonchev–Trinajstić information content (AvgIpc) is 2.18. The molecule has 0 saturated carbocycles. The van der Waals surface area contributed by atoms with Crippen LogP contribution in [0.25, 0.3) is 0 Å². The lowest BCUT2D eigenvalue weighted by Crippen LogP contribution is -2.11. The molecule has 0 aliphatic carbocycles. The summed E-state index contributed by atoms with van der Waals surface area (Å²) < 4.78 is 17.8. The second-order valence-electron chi connectivity index (χ2n) is 3.34. The molecule has 1 unspecified atom stereocenters. The summed E-state index contributed by atoms with van der Waals surface area (Å²) in [5.41, 5.74) is 0.141. The molecule has 5 heteroatoms. The normalized spacial score (nSPS) is 11.9. The van der Waals surface area contributed by atoms with Crippen molar-refractivity contribution in [3.05, 3.63) is 29.6 Å². The minimum Gasteiger partial charge on any atom is -0.481 e. The highest BCUT2D eigenvalue weighted by atomic mass is 19.1. The van der Waals surface area contributed by atoms with Gasteiger partial charge in [0.2, 0.25) is 0 Å². The second-order valence-corrected chi connectivity index (χ2v) is 3.34. The van der Waals surface area contributed by atoms with Crippen LogP contribution in [0.2, 0.25) is 0 Å². The molecule has 0 radical (unpaired) electrons. The molecule has 0 aromatic heterocycles. The van der Waals surface area contributed by atoms with Crippen molar-refractivity contribution in [2.45, 2.75) is 19.8 Å². The third-order valence-electron chi connectivity index (χ3n) is 2.06. The summed E-state index contributed by atoms with van der Waals surface area (Å²) in [6, 6.07) is 3.40. The van der Waals surface area contributed by atoms with Crippen molar-refractivity contribution >= 4 is 11.9 Å². The number of ether oxygens (including phenoxy) is 1. The van der Waals surface area contributed by atoms with E-state index < -0.39 is 23.7 Å². The molecule has 1 N–H and O–H groups in total. The van der Waals surface area contributed by atoms with Gasteiger partial charge in [0.1, 0.15) is 11.6 Å². The van der Waals surface area contributed by atoms with Gasteiger partial charge in [0.15, 0.2) is 0 Å². The summed E-state index contributed by atoms with van der Waals surface area (Å²) in [5.74, 6) is -3.13. The standard InChI is InChI=1S/C11H11FO4/c1-6(11(14)15)9-5-8(12)3-4-10(9)16-7(2)13/h3-6H,1-2H3,(H,14,15). The van der Waals surface area contributed by atoms with E-state index in [4.69, 9.17) is 9.84 Å². The van der Waals surface area contributed by atoms with Gasteiger partial charge in [-0.15, -0.1) is 0 Å². The van der Waals surface area contributed by atoms with Crippen molar-refractivity contribution in [2.24, 2.45) is 0 Å². The summed E-state index contributed by atoms with van der Waals surface area (Å²) in [5, 5.41) is 8.82. The van der Waals surface area contributed by atoms with E-state index in [9.17, 15) is 14.0 Å². The lowest BCUT2D eigenvalue weighted by Gasteiger charge is -2.12. The Balaban J connectivity index is 3.17. The van der Waals surface area contributed by atoms with E-state index in [1.807, 2.05) is 0 Å². The van der Waals surface area contributed by atoms with Crippen LogP contribution in [0.1, 0.15) is 25.3 Å². The molecule has 4 nitrogen and oxygen atoms in total. The van der Waals surface area contributed by atoms with Gasteiger partial charge in [0.25, 0.3) is 0 Å². The summed E-state index contributed by atoms with van der Waals surface area (Å²) in [4.78, 5) is 21.6. The first kappa shape index (κ1) is 12.2. The molecule has 0 heterocycles. The highest BCUT2D eigenvalue weighted by Crippen LogP contribution is 2.27. The molecule has 86 valence electrons. The number of carbonyl (C=O) groups excluding carboxylic acids is 1. The largest absolute Gasteiger partial charge is 0.481 e. The number of carboxylic acids is 1. The molecule has 1 atom stereocenters. The van der Waals surface area contributed by atoms with E-state index in [-0.39, 0.29) is 11.3 Å². The zero-order valence-electron chi connectivity index (χ0n) is 8.86. The third kappa shape index (κ3) is 2.79. The van der Waals surface area contributed by atoms with Crippen molar-refractivity contribution in [2.75, 3.05) is 0 Å². The number of carboxylic acid groups (broad SMARTS) is 1. The first-order valence-electron chi connectivity index (χ1n) is 4.62. The Hall–Kier alpha value is -1.91. The van der Waals surface area contributed by atoms with Crippen molar-refractivity contribution in [3.63, 3.8) is 0 Å². The number of halogens is 1. The van der Waals surface area contributed by atoms with E-state index in [0.717, 1.165) is 12.1 Å². The molecule has 0 fully saturated rings. The van der Waals surface area contributed by atoms with Gasteiger partial charge in [-0.05, 0) is 25.1 Å². The monoisotopic (exact) mass is 226 g/mol. The lowest BCUT2D eigenvalue weighted by atomic mass is 10.0. The van der Waals surface area contributed by atoms with E-state index in [0.29, 0.717) is 0 Å². The van der Waals surface area contributed by atoms with Gasteiger partial charge in [-0.1, -0.05) is 0 Å². The van der Waals surface area contributed by atoms with Crippen LogP contribution in [0, 0.1) is 5.82 Å². The molecule has 1 rings (SSSR count). The van der Waals surface area contributed by atoms with E-state index in [1.165, 1.54) is 19.9 Å². The quantitative estimate of drug-likeness (QED) is 0.632. The summed E-state index contributed by atoms with van der Waals surface area (Å²) in [7, 11) is 0. The van der Waals surface area contributed by atoms with Crippen LogP contribution in [0.3, 0.4) is 0 Å². The third-order valence-corrected chi connectivity index (χ3v) is 2.06. The van der Waals surface area contributed by atoms with Gasteiger partial charge in [0, 0.05) is 12.5 Å². The second kappa shape index (κ2) is 4.74. The van der Waals surface area contributed by atoms with Crippen molar-refractivity contribution in [3.8, 4) is 5.75 Å².